The van der Waals surface area contributed by atoms with E-state index >= 15 is 0 Å². The fourth-order valence-corrected chi connectivity index (χ4v) is 2.45. The van der Waals surface area contributed by atoms with Gasteiger partial charge in [0.25, 0.3) is 0 Å². The molecule has 0 amide bonds. The summed E-state index contributed by atoms with van der Waals surface area (Å²) in [4.78, 5) is 2.43. The lowest BCUT2D eigenvalue weighted by atomic mass is 10.1. The minimum absolute atomic E-state index is 0.671. The maximum atomic E-state index is 5.77. The molecule has 1 atom stereocenters. The molecular formula is C16H26N2O2. The number of hydrogen-bond donors (Lipinski definition) is 1. The van der Waals surface area contributed by atoms with Gasteiger partial charge < -0.3 is 15.2 Å². The molecule has 0 spiro atoms. The minimum Gasteiger partial charge on any atom is -0.494 e. The summed E-state index contributed by atoms with van der Waals surface area (Å²) in [6, 6.07) is 7.87. The fraction of sp³-hybridized carbons (Fsp3) is 0.625. The average molecular weight is 278 g/mol. The highest BCUT2D eigenvalue weighted by Crippen LogP contribution is 2.18. The first-order valence-corrected chi connectivity index (χ1v) is 7.60. The van der Waals surface area contributed by atoms with Crippen molar-refractivity contribution in [1.82, 2.24) is 4.90 Å². The third-order valence-corrected chi connectivity index (χ3v) is 3.68. The Balaban J connectivity index is 1.66. The fourth-order valence-electron chi connectivity index (χ4n) is 2.45. The van der Waals surface area contributed by atoms with Gasteiger partial charge in [0, 0.05) is 13.1 Å². The standard InChI is InChI=1S/C16H26N2O2/c1-2-10-19-15-3-5-16(6-4-15)20-11-9-18-8-7-14(12-17)13-18/h3-6,14H,2,7-13,17H2,1H3. The molecular weight excluding hydrogens is 252 g/mol. The van der Waals surface area contributed by atoms with Crippen LogP contribution in [0.5, 0.6) is 11.5 Å². The van der Waals surface area contributed by atoms with Crippen molar-refractivity contribution in [3.8, 4) is 11.5 Å². The lowest BCUT2D eigenvalue weighted by Gasteiger charge is -2.16. The van der Waals surface area contributed by atoms with E-state index in [1.54, 1.807) is 0 Å². The number of nitrogens with two attached hydrogens (primary N) is 1. The largest absolute Gasteiger partial charge is 0.494 e. The Bertz CT molecular complexity index is 381. The van der Waals surface area contributed by atoms with Crippen LogP contribution in [0.2, 0.25) is 0 Å². The van der Waals surface area contributed by atoms with Gasteiger partial charge in [0.15, 0.2) is 0 Å². The smallest absolute Gasteiger partial charge is 0.119 e. The molecule has 0 radical (unpaired) electrons. The third kappa shape index (κ3) is 4.69. The Morgan fingerprint density at radius 3 is 2.35 bits per heavy atom. The van der Waals surface area contributed by atoms with Gasteiger partial charge >= 0.3 is 0 Å². The number of hydrogen-bond acceptors (Lipinski definition) is 4. The van der Waals surface area contributed by atoms with E-state index in [-0.39, 0.29) is 0 Å². The van der Waals surface area contributed by atoms with Crippen LogP contribution in [0.15, 0.2) is 24.3 Å². The molecule has 20 heavy (non-hydrogen) atoms. The van der Waals surface area contributed by atoms with Gasteiger partial charge in [-0.25, -0.2) is 0 Å². The van der Waals surface area contributed by atoms with Crippen molar-refractivity contribution in [3.05, 3.63) is 24.3 Å². The summed E-state index contributed by atoms with van der Waals surface area (Å²) in [5.74, 6) is 2.48. The molecule has 0 bridgehead atoms. The topological polar surface area (TPSA) is 47.7 Å². The van der Waals surface area contributed by atoms with Gasteiger partial charge in [-0.1, -0.05) is 6.92 Å². The van der Waals surface area contributed by atoms with E-state index in [0.29, 0.717) is 5.92 Å². The number of nitrogens with zero attached hydrogens (tertiary/aromatic N) is 1. The summed E-state index contributed by atoms with van der Waals surface area (Å²) in [6.07, 6.45) is 2.25. The van der Waals surface area contributed by atoms with E-state index in [1.807, 2.05) is 24.3 Å². The number of rotatable bonds is 8. The van der Waals surface area contributed by atoms with Gasteiger partial charge in [0.05, 0.1) is 6.61 Å². The molecule has 1 aliphatic heterocycles. The first-order valence-electron chi connectivity index (χ1n) is 7.60. The molecule has 112 valence electrons. The van der Waals surface area contributed by atoms with Crippen molar-refractivity contribution < 1.29 is 9.47 Å². The predicted octanol–water partition coefficient (Wildman–Crippen LogP) is 2.13. The Morgan fingerprint density at radius 1 is 1.15 bits per heavy atom. The molecule has 1 heterocycles. The van der Waals surface area contributed by atoms with Gasteiger partial charge in [-0.3, -0.25) is 4.90 Å². The molecule has 0 aromatic heterocycles. The van der Waals surface area contributed by atoms with Crippen LogP contribution in [0, 0.1) is 5.92 Å². The van der Waals surface area contributed by atoms with E-state index in [0.717, 1.165) is 57.3 Å². The second-order valence-corrected chi connectivity index (χ2v) is 5.36. The van der Waals surface area contributed by atoms with Crippen molar-refractivity contribution in [1.29, 1.82) is 0 Å². The van der Waals surface area contributed by atoms with E-state index in [4.69, 9.17) is 15.2 Å². The minimum atomic E-state index is 0.671. The molecule has 1 aliphatic rings. The van der Waals surface area contributed by atoms with Gasteiger partial charge in [0.2, 0.25) is 0 Å². The Morgan fingerprint density at radius 2 is 1.80 bits per heavy atom. The van der Waals surface area contributed by atoms with Crippen LogP contribution in [-0.4, -0.2) is 44.3 Å². The second kappa shape index (κ2) is 8.12. The Labute approximate surface area is 121 Å². The molecule has 1 unspecified atom stereocenters. The molecule has 1 aromatic carbocycles. The van der Waals surface area contributed by atoms with Gasteiger partial charge in [0.1, 0.15) is 18.1 Å². The van der Waals surface area contributed by atoms with Crippen LogP contribution >= 0.6 is 0 Å². The lowest BCUT2D eigenvalue weighted by Crippen LogP contribution is -2.27. The molecule has 1 saturated heterocycles. The third-order valence-electron chi connectivity index (χ3n) is 3.68. The van der Waals surface area contributed by atoms with E-state index in [2.05, 4.69) is 11.8 Å². The zero-order valence-electron chi connectivity index (χ0n) is 12.4. The van der Waals surface area contributed by atoms with Crippen LogP contribution < -0.4 is 15.2 Å². The molecule has 2 N–H and O–H groups in total. The number of ether oxygens (including phenoxy) is 2. The highest BCUT2D eigenvalue weighted by atomic mass is 16.5. The van der Waals surface area contributed by atoms with E-state index in [1.165, 1.54) is 6.42 Å². The molecule has 1 aromatic rings. The summed E-state index contributed by atoms with van der Waals surface area (Å²) in [7, 11) is 0. The Kier molecular flexibility index (Phi) is 6.15. The molecule has 1 fully saturated rings. The van der Waals surface area contributed by atoms with Crippen molar-refractivity contribution in [2.24, 2.45) is 11.7 Å². The van der Waals surface area contributed by atoms with E-state index in [9.17, 15) is 0 Å². The Hall–Kier alpha value is -1.26. The highest BCUT2D eigenvalue weighted by molar-refractivity contribution is 5.31. The molecule has 4 nitrogen and oxygen atoms in total. The summed E-state index contributed by atoms with van der Waals surface area (Å²) in [6.45, 7) is 7.63. The van der Waals surface area contributed by atoms with Gasteiger partial charge in [-0.05, 0) is 56.1 Å². The van der Waals surface area contributed by atoms with Crippen molar-refractivity contribution in [3.63, 3.8) is 0 Å². The maximum Gasteiger partial charge on any atom is 0.119 e. The zero-order chi connectivity index (χ0) is 14.2. The molecule has 0 saturated carbocycles. The first-order chi connectivity index (χ1) is 9.81. The van der Waals surface area contributed by atoms with Crippen molar-refractivity contribution in [2.75, 3.05) is 39.4 Å². The molecule has 0 aliphatic carbocycles. The van der Waals surface area contributed by atoms with Crippen LogP contribution in [0.3, 0.4) is 0 Å². The van der Waals surface area contributed by atoms with Crippen LogP contribution in [0.25, 0.3) is 0 Å². The van der Waals surface area contributed by atoms with Crippen molar-refractivity contribution >= 4 is 0 Å². The summed E-state index contributed by atoms with van der Waals surface area (Å²) in [5.41, 5.74) is 5.69. The van der Waals surface area contributed by atoms with E-state index < -0.39 is 0 Å². The second-order valence-electron chi connectivity index (χ2n) is 5.36. The lowest BCUT2D eigenvalue weighted by molar-refractivity contribution is 0.233. The van der Waals surface area contributed by atoms with Crippen LogP contribution in [0.1, 0.15) is 19.8 Å². The molecule has 2 rings (SSSR count). The van der Waals surface area contributed by atoms with Gasteiger partial charge in [-0.15, -0.1) is 0 Å². The highest BCUT2D eigenvalue weighted by Gasteiger charge is 2.20. The SMILES string of the molecule is CCCOc1ccc(OCCN2CCC(CN)C2)cc1. The normalized spacial score (nSPS) is 19.2. The monoisotopic (exact) mass is 278 g/mol. The average Bonchev–Trinajstić information content (AvgIpc) is 2.94. The number of benzene rings is 1. The zero-order valence-corrected chi connectivity index (χ0v) is 12.4. The van der Waals surface area contributed by atoms with Crippen molar-refractivity contribution in [2.45, 2.75) is 19.8 Å². The summed E-state index contributed by atoms with van der Waals surface area (Å²) < 4.78 is 11.3. The first kappa shape index (κ1) is 15.1. The summed E-state index contributed by atoms with van der Waals surface area (Å²) >= 11 is 0. The van der Waals surface area contributed by atoms with Gasteiger partial charge in [-0.2, -0.15) is 0 Å². The summed E-state index contributed by atoms with van der Waals surface area (Å²) in [5, 5.41) is 0. The maximum absolute atomic E-state index is 5.77. The predicted molar refractivity (Wildman–Crippen MR) is 81.3 cm³/mol. The van der Waals surface area contributed by atoms with Crippen LogP contribution in [0.4, 0.5) is 0 Å². The number of likely N-dealkylation sites (tertiary alicyclic amines) is 1. The van der Waals surface area contributed by atoms with Crippen LogP contribution in [-0.2, 0) is 0 Å². The quantitative estimate of drug-likeness (QED) is 0.791. The molecule has 4 heteroatoms.